The number of esters is 1. The van der Waals surface area contributed by atoms with Crippen LogP contribution in [0, 0.1) is 0 Å². The lowest BCUT2D eigenvalue weighted by Crippen LogP contribution is -2.55. The van der Waals surface area contributed by atoms with Crippen molar-refractivity contribution in [3.05, 3.63) is 35.9 Å². The zero-order valence-electron chi connectivity index (χ0n) is 13.6. The number of ether oxygens (including phenoxy) is 3. The van der Waals surface area contributed by atoms with E-state index >= 15 is 0 Å². The maximum absolute atomic E-state index is 12.7. The van der Waals surface area contributed by atoms with E-state index in [4.69, 9.17) is 14.2 Å². The molecule has 1 aromatic carbocycles. The molecule has 1 fully saturated rings. The van der Waals surface area contributed by atoms with Gasteiger partial charge in [0.05, 0.1) is 21.3 Å². The van der Waals surface area contributed by atoms with E-state index in [2.05, 4.69) is 6.58 Å². The van der Waals surface area contributed by atoms with Gasteiger partial charge in [0, 0.05) is 17.7 Å². The Morgan fingerprint density at radius 2 is 2.04 bits per heavy atom. The van der Waals surface area contributed by atoms with Crippen LogP contribution in [-0.2, 0) is 16.0 Å². The molecular formula is C17H21NO5. The number of likely N-dealkylation sites (tertiary alicyclic amines) is 1. The minimum atomic E-state index is -0.511. The van der Waals surface area contributed by atoms with Crippen molar-refractivity contribution in [2.24, 2.45) is 0 Å². The first-order valence-corrected chi connectivity index (χ1v) is 7.32. The third kappa shape index (κ3) is 3.16. The van der Waals surface area contributed by atoms with Crippen molar-refractivity contribution in [1.82, 2.24) is 4.90 Å². The summed E-state index contributed by atoms with van der Waals surface area (Å²) in [7, 11) is 4.39. The highest BCUT2D eigenvalue weighted by molar-refractivity contribution is 5.98. The second-order valence-electron chi connectivity index (χ2n) is 5.19. The summed E-state index contributed by atoms with van der Waals surface area (Å²) in [4.78, 5) is 25.8. The standard InChI is InChI=1S/C17H21NO5/c1-5-6-11-9-12(10-14(21-2)15(11)22-3)16(19)18-8-7-13(18)17(20)23-4/h5,9-10,13H,1,6-8H2,2-4H3/t13-/m1/s1. The van der Waals surface area contributed by atoms with Gasteiger partial charge >= 0.3 is 5.97 Å². The molecule has 0 bridgehead atoms. The van der Waals surface area contributed by atoms with Gasteiger partial charge in [-0.25, -0.2) is 4.79 Å². The summed E-state index contributed by atoms with van der Waals surface area (Å²) in [6.45, 7) is 4.25. The third-order valence-corrected chi connectivity index (χ3v) is 3.92. The molecular weight excluding hydrogens is 298 g/mol. The van der Waals surface area contributed by atoms with Crippen LogP contribution in [0.4, 0.5) is 0 Å². The lowest BCUT2D eigenvalue weighted by Gasteiger charge is -2.38. The monoisotopic (exact) mass is 319 g/mol. The number of nitrogens with zero attached hydrogens (tertiary/aromatic N) is 1. The largest absolute Gasteiger partial charge is 0.493 e. The maximum atomic E-state index is 12.7. The van der Waals surface area contributed by atoms with E-state index in [0.29, 0.717) is 36.4 Å². The Morgan fingerprint density at radius 1 is 1.30 bits per heavy atom. The number of methoxy groups -OCH3 is 3. The van der Waals surface area contributed by atoms with Gasteiger partial charge in [0.2, 0.25) is 0 Å². The van der Waals surface area contributed by atoms with Crippen molar-refractivity contribution in [2.75, 3.05) is 27.9 Å². The number of carbonyl (C=O) groups excluding carboxylic acids is 2. The molecule has 1 aromatic rings. The molecule has 6 heteroatoms. The van der Waals surface area contributed by atoms with Crippen molar-refractivity contribution < 1.29 is 23.8 Å². The van der Waals surface area contributed by atoms with E-state index in [1.807, 2.05) is 0 Å². The van der Waals surface area contributed by atoms with E-state index < -0.39 is 12.0 Å². The minimum absolute atomic E-state index is 0.224. The van der Waals surface area contributed by atoms with Gasteiger partial charge in [-0.05, 0) is 25.0 Å². The molecule has 23 heavy (non-hydrogen) atoms. The molecule has 1 aliphatic rings. The van der Waals surface area contributed by atoms with Crippen LogP contribution >= 0.6 is 0 Å². The lowest BCUT2D eigenvalue weighted by molar-refractivity contribution is -0.149. The second-order valence-corrected chi connectivity index (χ2v) is 5.19. The van der Waals surface area contributed by atoms with E-state index in [1.165, 1.54) is 19.1 Å². The molecule has 1 aliphatic heterocycles. The molecule has 0 unspecified atom stereocenters. The van der Waals surface area contributed by atoms with Gasteiger partial charge in [0.15, 0.2) is 11.5 Å². The number of hydrogen-bond acceptors (Lipinski definition) is 5. The number of carbonyl (C=O) groups is 2. The van der Waals surface area contributed by atoms with Gasteiger partial charge in [-0.2, -0.15) is 0 Å². The summed E-state index contributed by atoms with van der Waals surface area (Å²) in [5.74, 6) is 0.441. The van der Waals surface area contributed by atoms with Crippen LogP contribution in [0.25, 0.3) is 0 Å². The minimum Gasteiger partial charge on any atom is -0.493 e. The van der Waals surface area contributed by atoms with Crippen molar-refractivity contribution in [3.63, 3.8) is 0 Å². The topological polar surface area (TPSA) is 65.1 Å². The molecule has 0 aliphatic carbocycles. The molecule has 0 radical (unpaired) electrons. The van der Waals surface area contributed by atoms with Crippen LogP contribution in [0.15, 0.2) is 24.8 Å². The summed E-state index contributed by atoms with van der Waals surface area (Å²) < 4.78 is 15.4. The highest BCUT2D eigenvalue weighted by atomic mass is 16.5. The van der Waals surface area contributed by atoms with Gasteiger partial charge in [0.25, 0.3) is 5.91 Å². The average molecular weight is 319 g/mol. The van der Waals surface area contributed by atoms with Crippen molar-refractivity contribution in [2.45, 2.75) is 18.9 Å². The Hall–Kier alpha value is -2.50. The molecule has 1 saturated heterocycles. The van der Waals surface area contributed by atoms with Crippen LogP contribution in [0.3, 0.4) is 0 Å². The molecule has 0 saturated carbocycles. The summed E-state index contributed by atoms with van der Waals surface area (Å²) in [6, 6.07) is 2.86. The summed E-state index contributed by atoms with van der Waals surface area (Å²) in [5.41, 5.74) is 1.26. The second kappa shape index (κ2) is 7.17. The molecule has 124 valence electrons. The predicted molar refractivity (Wildman–Crippen MR) is 84.9 cm³/mol. The highest BCUT2D eigenvalue weighted by Gasteiger charge is 2.39. The van der Waals surface area contributed by atoms with Gasteiger partial charge in [-0.15, -0.1) is 6.58 Å². The first kappa shape index (κ1) is 16.9. The first-order chi connectivity index (χ1) is 11.1. The zero-order chi connectivity index (χ0) is 17.0. The van der Waals surface area contributed by atoms with Crippen molar-refractivity contribution in [1.29, 1.82) is 0 Å². The Kier molecular flexibility index (Phi) is 5.26. The Balaban J connectivity index is 2.35. The van der Waals surface area contributed by atoms with Crippen LogP contribution < -0.4 is 9.47 Å². The van der Waals surface area contributed by atoms with Crippen LogP contribution in [0.2, 0.25) is 0 Å². The Bertz CT molecular complexity index is 626. The summed E-state index contributed by atoms with van der Waals surface area (Å²) >= 11 is 0. The van der Waals surface area contributed by atoms with E-state index in [9.17, 15) is 9.59 Å². The SMILES string of the molecule is C=CCc1cc(C(=O)N2CC[C@@H]2C(=O)OC)cc(OC)c1OC. The Morgan fingerprint density at radius 3 is 2.52 bits per heavy atom. The van der Waals surface area contributed by atoms with E-state index in [1.54, 1.807) is 25.3 Å². The predicted octanol–water partition coefficient (Wildman–Crippen LogP) is 1.82. The molecule has 0 aromatic heterocycles. The normalized spacial score (nSPS) is 16.3. The smallest absolute Gasteiger partial charge is 0.328 e. The van der Waals surface area contributed by atoms with Crippen LogP contribution in [-0.4, -0.2) is 50.7 Å². The molecule has 0 spiro atoms. The summed E-state index contributed by atoms with van der Waals surface area (Å²) in [6.07, 6.45) is 2.89. The van der Waals surface area contributed by atoms with E-state index in [-0.39, 0.29) is 5.91 Å². The molecule has 1 heterocycles. The fraction of sp³-hybridized carbons (Fsp3) is 0.412. The van der Waals surface area contributed by atoms with Gasteiger partial charge < -0.3 is 19.1 Å². The fourth-order valence-corrected chi connectivity index (χ4v) is 2.65. The van der Waals surface area contributed by atoms with Gasteiger partial charge in [0.1, 0.15) is 6.04 Å². The fourth-order valence-electron chi connectivity index (χ4n) is 2.65. The van der Waals surface area contributed by atoms with Crippen LogP contribution in [0.5, 0.6) is 11.5 Å². The first-order valence-electron chi connectivity index (χ1n) is 7.32. The quantitative estimate of drug-likeness (QED) is 0.591. The molecule has 1 atom stereocenters. The number of rotatable bonds is 6. The number of allylic oxidation sites excluding steroid dienone is 1. The lowest BCUT2D eigenvalue weighted by atomic mass is 9.99. The number of benzene rings is 1. The third-order valence-electron chi connectivity index (χ3n) is 3.92. The van der Waals surface area contributed by atoms with Gasteiger partial charge in [-0.1, -0.05) is 6.08 Å². The van der Waals surface area contributed by atoms with Crippen molar-refractivity contribution >= 4 is 11.9 Å². The maximum Gasteiger partial charge on any atom is 0.328 e. The van der Waals surface area contributed by atoms with Gasteiger partial charge in [-0.3, -0.25) is 4.79 Å². The summed E-state index contributed by atoms with van der Waals surface area (Å²) in [5, 5.41) is 0. The molecule has 2 rings (SSSR count). The average Bonchev–Trinajstić information content (AvgIpc) is 2.52. The van der Waals surface area contributed by atoms with Crippen LogP contribution in [0.1, 0.15) is 22.3 Å². The number of hydrogen-bond donors (Lipinski definition) is 0. The number of amides is 1. The molecule has 1 amide bonds. The van der Waals surface area contributed by atoms with E-state index in [0.717, 1.165) is 5.56 Å². The molecule has 6 nitrogen and oxygen atoms in total. The zero-order valence-corrected chi connectivity index (χ0v) is 13.6. The molecule has 0 N–H and O–H groups in total. The highest BCUT2D eigenvalue weighted by Crippen LogP contribution is 2.34. The Labute approximate surface area is 135 Å². The van der Waals surface area contributed by atoms with Crippen molar-refractivity contribution in [3.8, 4) is 11.5 Å².